The average Bonchev–Trinajstić information content (AvgIpc) is 3.57. The lowest BCUT2D eigenvalue weighted by atomic mass is 9.96. The lowest BCUT2D eigenvalue weighted by Gasteiger charge is -2.32. The quantitative estimate of drug-likeness (QED) is 0.326. The number of hydrogen-bond donors (Lipinski definition) is 2. The van der Waals surface area contributed by atoms with Crippen molar-refractivity contribution in [2.24, 2.45) is 0 Å². The van der Waals surface area contributed by atoms with Crippen LogP contribution in [0, 0.1) is 19.7 Å². The molecule has 0 saturated carbocycles. The number of halogens is 1. The predicted octanol–water partition coefficient (Wildman–Crippen LogP) is 6.22. The minimum Gasteiger partial charge on any atom is -0.356 e. The van der Waals surface area contributed by atoms with Gasteiger partial charge in [0.1, 0.15) is 29.4 Å². The van der Waals surface area contributed by atoms with E-state index < -0.39 is 0 Å². The third kappa shape index (κ3) is 3.77. The normalized spacial score (nSPS) is 14.9. The van der Waals surface area contributed by atoms with Crippen LogP contribution >= 0.6 is 11.3 Å². The van der Waals surface area contributed by atoms with E-state index in [0.717, 1.165) is 71.3 Å². The summed E-state index contributed by atoms with van der Waals surface area (Å²) in [7, 11) is 0. The van der Waals surface area contributed by atoms with Crippen molar-refractivity contribution in [3.05, 3.63) is 71.0 Å². The van der Waals surface area contributed by atoms with E-state index in [1.807, 2.05) is 0 Å². The number of aromatic nitrogens is 5. The van der Waals surface area contributed by atoms with Gasteiger partial charge in [-0.15, -0.1) is 11.3 Å². The molecule has 0 unspecified atom stereocenters. The number of fused-ring (bicyclic) bond motifs is 1. The number of aryl methyl sites for hydroxylation is 2. The van der Waals surface area contributed by atoms with Gasteiger partial charge in [-0.1, -0.05) is 0 Å². The first-order valence-corrected chi connectivity index (χ1v) is 12.3. The number of aromatic amines is 2. The zero-order valence-electron chi connectivity index (χ0n) is 19.1. The summed E-state index contributed by atoms with van der Waals surface area (Å²) in [5.41, 5.74) is 4.85. The molecular formula is C26H25FN6S. The first kappa shape index (κ1) is 21.0. The van der Waals surface area contributed by atoms with E-state index in [-0.39, 0.29) is 5.82 Å². The van der Waals surface area contributed by atoms with Crippen LogP contribution in [0.15, 0.2) is 48.8 Å². The summed E-state index contributed by atoms with van der Waals surface area (Å²) >= 11 is 1.80. The Labute approximate surface area is 200 Å². The molecule has 1 fully saturated rings. The van der Waals surface area contributed by atoms with Crippen molar-refractivity contribution in [1.29, 1.82) is 0 Å². The predicted molar refractivity (Wildman–Crippen MR) is 135 cm³/mol. The van der Waals surface area contributed by atoms with Crippen LogP contribution < -0.4 is 4.90 Å². The molecule has 5 aromatic rings. The molecule has 34 heavy (non-hydrogen) atoms. The summed E-state index contributed by atoms with van der Waals surface area (Å²) in [6, 6.07) is 12.9. The molecule has 0 amide bonds. The Morgan fingerprint density at radius 3 is 2.53 bits per heavy atom. The van der Waals surface area contributed by atoms with E-state index in [9.17, 15) is 4.39 Å². The SMILES string of the molecule is Cc1ccc(-c2[nH]c(C3CCN(c4ncnc5[nH]c(-c6ccc(F)cc6)cc45)CC3)nc2C)s1. The smallest absolute Gasteiger partial charge is 0.143 e. The van der Waals surface area contributed by atoms with E-state index in [0.29, 0.717) is 5.92 Å². The van der Waals surface area contributed by atoms with Crippen LogP contribution in [0.5, 0.6) is 0 Å². The van der Waals surface area contributed by atoms with Crippen molar-refractivity contribution in [2.75, 3.05) is 18.0 Å². The molecule has 0 bridgehead atoms. The van der Waals surface area contributed by atoms with Crippen LogP contribution in [0.3, 0.4) is 0 Å². The van der Waals surface area contributed by atoms with Crippen LogP contribution in [-0.4, -0.2) is 38.0 Å². The van der Waals surface area contributed by atoms with Crippen LogP contribution in [0.1, 0.15) is 35.2 Å². The summed E-state index contributed by atoms with van der Waals surface area (Å²) in [6.45, 7) is 6.03. The Kier molecular flexibility index (Phi) is 5.17. The molecule has 6 rings (SSSR count). The number of anilines is 1. The third-order valence-corrected chi connectivity index (χ3v) is 7.65. The monoisotopic (exact) mass is 472 g/mol. The Morgan fingerprint density at radius 2 is 1.79 bits per heavy atom. The van der Waals surface area contributed by atoms with Crippen molar-refractivity contribution in [3.8, 4) is 21.8 Å². The maximum absolute atomic E-state index is 13.3. The zero-order chi connectivity index (χ0) is 23.2. The molecule has 0 radical (unpaired) electrons. The molecule has 0 spiro atoms. The van der Waals surface area contributed by atoms with E-state index in [1.54, 1.807) is 29.8 Å². The van der Waals surface area contributed by atoms with Crippen LogP contribution in [0.25, 0.3) is 32.9 Å². The number of piperidine rings is 1. The molecule has 8 heteroatoms. The first-order valence-electron chi connectivity index (χ1n) is 11.5. The summed E-state index contributed by atoms with van der Waals surface area (Å²) in [5.74, 6) is 2.19. The Bertz CT molecular complexity index is 1460. The van der Waals surface area contributed by atoms with Gasteiger partial charge in [0.2, 0.25) is 0 Å². The van der Waals surface area contributed by atoms with Gasteiger partial charge in [0, 0.05) is 29.6 Å². The largest absolute Gasteiger partial charge is 0.356 e. The number of H-pyrrole nitrogens is 2. The maximum Gasteiger partial charge on any atom is 0.143 e. The second-order valence-corrected chi connectivity index (χ2v) is 10.2. The lowest BCUT2D eigenvalue weighted by Crippen LogP contribution is -2.33. The number of imidazole rings is 1. The lowest BCUT2D eigenvalue weighted by molar-refractivity contribution is 0.487. The molecule has 172 valence electrons. The highest BCUT2D eigenvalue weighted by atomic mass is 32.1. The topological polar surface area (TPSA) is 73.5 Å². The minimum atomic E-state index is -0.243. The molecule has 1 aliphatic heterocycles. The molecule has 2 N–H and O–H groups in total. The second-order valence-electron chi connectivity index (χ2n) is 8.90. The fourth-order valence-electron chi connectivity index (χ4n) is 4.81. The molecule has 5 heterocycles. The standard InChI is InChI=1S/C26H25FN6S/c1-15-3-8-22(34-15)23-16(2)30-24(32-23)18-9-11-33(12-10-18)26-20-13-21(31-25(20)28-14-29-26)17-4-6-19(27)7-5-17/h3-8,13-14,18H,9-12H2,1-2H3,(H,30,32)(H,28,29,31). The third-order valence-electron chi connectivity index (χ3n) is 6.63. The maximum atomic E-state index is 13.3. The van der Waals surface area contributed by atoms with Crippen molar-refractivity contribution < 1.29 is 4.39 Å². The highest BCUT2D eigenvalue weighted by molar-refractivity contribution is 7.15. The summed E-state index contributed by atoms with van der Waals surface area (Å²) in [5, 5.41) is 0.990. The average molecular weight is 473 g/mol. The minimum absolute atomic E-state index is 0.243. The highest BCUT2D eigenvalue weighted by Gasteiger charge is 2.26. The Hall–Kier alpha value is -3.52. The molecule has 1 aromatic carbocycles. The van der Waals surface area contributed by atoms with E-state index >= 15 is 0 Å². The van der Waals surface area contributed by atoms with Gasteiger partial charge in [-0.05, 0) is 74.7 Å². The molecule has 1 aliphatic rings. The first-order chi connectivity index (χ1) is 16.5. The zero-order valence-corrected chi connectivity index (χ0v) is 19.9. The summed E-state index contributed by atoms with van der Waals surface area (Å²) in [6.07, 6.45) is 3.63. The van der Waals surface area contributed by atoms with Gasteiger partial charge >= 0.3 is 0 Å². The van der Waals surface area contributed by atoms with Crippen molar-refractivity contribution in [3.63, 3.8) is 0 Å². The fourth-order valence-corrected chi connectivity index (χ4v) is 5.73. The van der Waals surface area contributed by atoms with Crippen LogP contribution in [0.2, 0.25) is 0 Å². The van der Waals surface area contributed by atoms with Crippen molar-refractivity contribution >= 4 is 28.2 Å². The van der Waals surface area contributed by atoms with Crippen molar-refractivity contribution in [2.45, 2.75) is 32.6 Å². The van der Waals surface area contributed by atoms with Gasteiger partial charge in [-0.3, -0.25) is 0 Å². The van der Waals surface area contributed by atoms with Crippen LogP contribution in [0.4, 0.5) is 10.2 Å². The Balaban J connectivity index is 1.22. The summed E-state index contributed by atoms with van der Waals surface area (Å²) < 4.78 is 13.3. The van der Waals surface area contributed by atoms with Gasteiger partial charge in [-0.2, -0.15) is 0 Å². The van der Waals surface area contributed by atoms with Gasteiger partial charge in [0.25, 0.3) is 0 Å². The Morgan fingerprint density at radius 1 is 1.00 bits per heavy atom. The molecular weight excluding hydrogens is 447 g/mol. The molecule has 4 aromatic heterocycles. The van der Waals surface area contributed by atoms with Crippen molar-refractivity contribution in [1.82, 2.24) is 24.9 Å². The number of hydrogen-bond acceptors (Lipinski definition) is 5. The molecule has 0 atom stereocenters. The number of nitrogens with zero attached hydrogens (tertiary/aromatic N) is 4. The molecule has 0 aliphatic carbocycles. The van der Waals surface area contributed by atoms with Crippen LogP contribution in [-0.2, 0) is 0 Å². The van der Waals surface area contributed by atoms with E-state index in [2.05, 4.69) is 56.9 Å². The highest BCUT2D eigenvalue weighted by Crippen LogP contribution is 2.35. The number of nitrogens with one attached hydrogen (secondary N) is 2. The number of rotatable bonds is 4. The second kappa shape index (κ2) is 8.36. The van der Waals surface area contributed by atoms with Gasteiger partial charge in [0.05, 0.1) is 21.7 Å². The molecule has 1 saturated heterocycles. The number of thiophene rings is 1. The van der Waals surface area contributed by atoms with Gasteiger partial charge < -0.3 is 14.9 Å². The summed E-state index contributed by atoms with van der Waals surface area (Å²) in [4.78, 5) is 25.8. The van der Waals surface area contributed by atoms with Gasteiger partial charge in [0.15, 0.2) is 0 Å². The number of benzene rings is 1. The van der Waals surface area contributed by atoms with E-state index in [1.165, 1.54) is 21.9 Å². The fraction of sp³-hybridized carbons (Fsp3) is 0.269. The van der Waals surface area contributed by atoms with Gasteiger partial charge in [-0.25, -0.2) is 19.3 Å². The van der Waals surface area contributed by atoms with E-state index in [4.69, 9.17) is 4.98 Å². The molecule has 6 nitrogen and oxygen atoms in total.